The van der Waals surface area contributed by atoms with Crippen LogP contribution in [0.25, 0.3) is 0 Å². The monoisotopic (exact) mass is 290 g/mol. The maximum atomic E-state index is 11.3. The predicted octanol–water partition coefficient (Wildman–Crippen LogP) is 0.751. The summed E-state index contributed by atoms with van der Waals surface area (Å²) >= 11 is 3.25. The minimum atomic E-state index is 0.101. The van der Waals surface area contributed by atoms with Crippen molar-refractivity contribution in [2.75, 3.05) is 31.6 Å². The molecule has 2 heterocycles. The largest absolute Gasteiger partial charge is 0.373 e. The molecule has 0 spiro atoms. The van der Waals surface area contributed by atoms with Crippen molar-refractivity contribution in [3.63, 3.8) is 0 Å². The van der Waals surface area contributed by atoms with E-state index in [0.29, 0.717) is 19.0 Å². The molecule has 0 aliphatic carbocycles. The molecule has 2 rings (SSSR count). The van der Waals surface area contributed by atoms with Crippen LogP contribution in [0.3, 0.4) is 0 Å². The molecule has 16 heavy (non-hydrogen) atoms. The molecule has 0 radical (unpaired) electrons. The fourth-order valence-corrected chi connectivity index (χ4v) is 2.77. The predicted molar refractivity (Wildman–Crippen MR) is 65.8 cm³/mol. The second-order valence-electron chi connectivity index (χ2n) is 4.49. The summed E-state index contributed by atoms with van der Waals surface area (Å²) in [4.78, 5) is 13.8. The molecule has 2 aliphatic heterocycles. The number of carbonyl (C=O) groups is 1. The van der Waals surface area contributed by atoms with Crippen LogP contribution in [0.1, 0.15) is 19.3 Å². The first-order valence-corrected chi connectivity index (χ1v) is 7.10. The van der Waals surface area contributed by atoms with Gasteiger partial charge in [-0.3, -0.25) is 9.69 Å². The van der Waals surface area contributed by atoms with E-state index in [4.69, 9.17) is 4.74 Å². The van der Waals surface area contributed by atoms with Gasteiger partial charge in [-0.1, -0.05) is 15.9 Å². The normalized spacial score (nSPS) is 30.1. The van der Waals surface area contributed by atoms with E-state index >= 15 is 0 Å². The molecule has 5 heteroatoms. The van der Waals surface area contributed by atoms with Gasteiger partial charge in [-0.25, -0.2) is 0 Å². The zero-order chi connectivity index (χ0) is 11.4. The average Bonchev–Trinajstić information content (AvgIpc) is 2.74. The van der Waals surface area contributed by atoms with Crippen LogP contribution in [0, 0.1) is 0 Å². The van der Waals surface area contributed by atoms with Crippen molar-refractivity contribution < 1.29 is 9.53 Å². The Kier molecular flexibility index (Phi) is 4.61. The topological polar surface area (TPSA) is 41.6 Å². The summed E-state index contributed by atoms with van der Waals surface area (Å²) in [6.07, 6.45) is 3.27. The Hall–Kier alpha value is -0.130. The molecule has 2 fully saturated rings. The lowest BCUT2D eigenvalue weighted by atomic mass is 10.2. The number of rotatable bonds is 4. The van der Waals surface area contributed by atoms with Gasteiger partial charge in [0.05, 0.1) is 12.7 Å². The summed E-state index contributed by atoms with van der Waals surface area (Å²) in [6.45, 7) is 3.65. The molecule has 2 atom stereocenters. The first kappa shape index (κ1) is 12.3. The van der Waals surface area contributed by atoms with Crippen molar-refractivity contribution in [3.05, 3.63) is 0 Å². The number of hydrogen-bond acceptors (Lipinski definition) is 3. The molecular formula is C11H19BrN2O2. The third kappa shape index (κ3) is 3.18. The quantitative estimate of drug-likeness (QED) is 0.777. The number of hydrogen-bond donors (Lipinski definition) is 1. The summed E-state index contributed by atoms with van der Waals surface area (Å²) < 4.78 is 5.75. The van der Waals surface area contributed by atoms with Crippen LogP contribution in [0.5, 0.6) is 0 Å². The Balaban J connectivity index is 1.69. The van der Waals surface area contributed by atoms with Crippen LogP contribution in [0.2, 0.25) is 0 Å². The van der Waals surface area contributed by atoms with Gasteiger partial charge in [0.15, 0.2) is 0 Å². The summed E-state index contributed by atoms with van der Waals surface area (Å²) in [7, 11) is 0. The molecule has 0 bridgehead atoms. The van der Waals surface area contributed by atoms with Crippen molar-refractivity contribution in [3.8, 4) is 0 Å². The SMILES string of the molecule is O=C(CCBr)NCC1CN2CCCC2CO1. The van der Waals surface area contributed by atoms with E-state index in [0.717, 1.165) is 18.5 Å². The minimum absolute atomic E-state index is 0.101. The first-order chi connectivity index (χ1) is 7.79. The van der Waals surface area contributed by atoms with Gasteiger partial charge in [0.1, 0.15) is 0 Å². The average molecular weight is 291 g/mol. The van der Waals surface area contributed by atoms with Gasteiger partial charge in [-0.2, -0.15) is 0 Å². The molecule has 0 aromatic rings. The van der Waals surface area contributed by atoms with Crippen LogP contribution >= 0.6 is 15.9 Å². The third-order valence-corrected chi connectivity index (χ3v) is 3.71. The highest BCUT2D eigenvalue weighted by atomic mass is 79.9. The molecule has 0 aromatic carbocycles. The highest BCUT2D eigenvalue weighted by Gasteiger charge is 2.32. The van der Waals surface area contributed by atoms with Crippen molar-refractivity contribution >= 4 is 21.8 Å². The highest BCUT2D eigenvalue weighted by molar-refractivity contribution is 9.09. The Labute approximate surface area is 105 Å². The fourth-order valence-electron chi connectivity index (χ4n) is 2.41. The number of nitrogens with one attached hydrogen (secondary N) is 1. The minimum Gasteiger partial charge on any atom is -0.373 e. The number of carbonyl (C=O) groups excluding carboxylic acids is 1. The smallest absolute Gasteiger partial charge is 0.220 e. The van der Waals surface area contributed by atoms with E-state index < -0.39 is 0 Å². The number of halogens is 1. The molecule has 0 saturated carbocycles. The maximum Gasteiger partial charge on any atom is 0.220 e. The molecule has 1 N–H and O–H groups in total. The molecule has 2 unspecified atom stereocenters. The Morgan fingerprint density at radius 1 is 1.56 bits per heavy atom. The molecule has 92 valence electrons. The van der Waals surface area contributed by atoms with Gasteiger partial charge in [0.2, 0.25) is 5.91 Å². The Bertz CT molecular complexity index is 250. The first-order valence-electron chi connectivity index (χ1n) is 5.98. The number of alkyl halides is 1. The third-order valence-electron chi connectivity index (χ3n) is 3.31. The van der Waals surface area contributed by atoms with E-state index in [9.17, 15) is 4.79 Å². The van der Waals surface area contributed by atoms with E-state index in [-0.39, 0.29) is 12.0 Å². The van der Waals surface area contributed by atoms with E-state index in [1.54, 1.807) is 0 Å². The summed E-state index contributed by atoms with van der Waals surface area (Å²) in [6, 6.07) is 0.634. The van der Waals surface area contributed by atoms with Crippen LogP contribution in [0.4, 0.5) is 0 Å². The summed E-state index contributed by atoms with van der Waals surface area (Å²) in [5.74, 6) is 0.101. The van der Waals surface area contributed by atoms with Crippen LogP contribution in [-0.4, -0.2) is 54.5 Å². The lowest BCUT2D eigenvalue weighted by molar-refractivity contribution is -0.122. The van der Waals surface area contributed by atoms with Gasteiger partial charge in [0.25, 0.3) is 0 Å². The second-order valence-corrected chi connectivity index (χ2v) is 5.28. The number of amides is 1. The van der Waals surface area contributed by atoms with Gasteiger partial charge < -0.3 is 10.1 Å². The van der Waals surface area contributed by atoms with Crippen molar-refractivity contribution in [2.24, 2.45) is 0 Å². The number of fused-ring (bicyclic) bond motifs is 1. The van der Waals surface area contributed by atoms with Crippen LogP contribution < -0.4 is 5.32 Å². The van der Waals surface area contributed by atoms with Crippen LogP contribution in [-0.2, 0) is 9.53 Å². The van der Waals surface area contributed by atoms with E-state index in [1.165, 1.54) is 19.4 Å². The number of ether oxygens (including phenoxy) is 1. The van der Waals surface area contributed by atoms with E-state index in [2.05, 4.69) is 26.1 Å². The van der Waals surface area contributed by atoms with E-state index in [1.807, 2.05) is 0 Å². The van der Waals surface area contributed by atoms with Crippen molar-refractivity contribution in [2.45, 2.75) is 31.4 Å². The Morgan fingerprint density at radius 3 is 3.25 bits per heavy atom. The lowest BCUT2D eigenvalue weighted by Crippen LogP contribution is -2.50. The fraction of sp³-hybridized carbons (Fsp3) is 0.909. The molecular weight excluding hydrogens is 272 g/mol. The molecule has 0 aromatic heterocycles. The van der Waals surface area contributed by atoms with Gasteiger partial charge in [-0.15, -0.1) is 0 Å². The number of morpholine rings is 1. The maximum absolute atomic E-state index is 11.3. The summed E-state index contributed by atoms with van der Waals surface area (Å²) in [5, 5.41) is 3.63. The Morgan fingerprint density at radius 2 is 2.44 bits per heavy atom. The summed E-state index contributed by atoms with van der Waals surface area (Å²) in [5.41, 5.74) is 0. The zero-order valence-electron chi connectivity index (χ0n) is 9.45. The molecule has 4 nitrogen and oxygen atoms in total. The van der Waals surface area contributed by atoms with Crippen LogP contribution in [0.15, 0.2) is 0 Å². The zero-order valence-corrected chi connectivity index (χ0v) is 11.0. The second kappa shape index (κ2) is 5.98. The standard InChI is InChI=1S/C11H19BrN2O2/c12-4-3-11(15)13-6-10-7-14-5-1-2-9(14)8-16-10/h9-10H,1-8H2,(H,13,15). The number of nitrogens with zero attached hydrogens (tertiary/aromatic N) is 1. The lowest BCUT2D eigenvalue weighted by Gasteiger charge is -2.35. The van der Waals surface area contributed by atoms with Gasteiger partial charge >= 0.3 is 0 Å². The van der Waals surface area contributed by atoms with Crippen molar-refractivity contribution in [1.82, 2.24) is 10.2 Å². The molecule has 2 saturated heterocycles. The van der Waals surface area contributed by atoms with Gasteiger partial charge in [-0.05, 0) is 19.4 Å². The highest BCUT2D eigenvalue weighted by Crippen LogP contribution is 2.22. The van der Waals surface area contributed by atoms with Crippen molar-refractivity contribution in [1.29, 1.82) is 0 Å². The molecule has 1 amide bonds. The molecule has 2 aliphatic rings. The van der Waals surface area contributed by atoms with Gasteiger partial charge in [0, 0.05) is 30.9 Å².